The van der Waals surface area contributed by atoms with E-state index in [1.165, 1.54) is 18.4 Å². The van der Waals surface area contributed by atoms with Crippen LogP contribution in [0.2, 0.25) is 0 Å². The smallest absolute Gasteiger partial charge is 0.160 e. The van der Waals surface area contributed by atoms with E-state index in [-0.39, 0.29) is 0 Å². The summed E-state index contributed by atoms with van der Waals surface area (Å²) in [6.07, 6.45) is 4.86. The van der Waals surface area contributed by atoms with Crippen molar-refractivity contribution < 1.29 is 14.3 Å². The molecule has 114 valence electrons. The van der Waals surface area contributed by atoms with Gasteiger partial charge in [0.25, 0.3) is 0 Å². The molecule has 2 aliphatic heterocycles. The summed E-state index contributed by atoms with van der Waals surface area (Å²) in [5.41, 5.74) is 1.25. The normalized spacial score (nSPS) is 25.1. The van der Waals surface area contributed by atoms with Gasteiger partial charge in [0.1, 0.15) is 5.78 Å². The Morgan fingerprint density at radius 3 is 2.38 bits per heavy atom. The number of piperidine rings is 1. The van der Waals surface area contributed by atoms with Gasteiger partial charge in [-0.3, -0.25) is 9.69 Å². The van der Waals surface area contributed by atoms with Crippen LogP contribution in [0.4, 0.5) is 0 Å². The zero-order chi connectivity index (χ0) is 14.8. The first-order valence-electron chi connectivity index (χ1n) is 7.69. The maximum absolute atomic E-state index is 11.6. The minimum absolute atomic E-state index is 0.449. The predicted molar refractivity (Wildman–Crippen MR) is 81.0 cm³/mol. The van der Waals surface area contributed by atoms with Gasteiger partial charge in [0.2, 0.25) is 0 Å². The van der Waals surface area contributed by atoms with Gasteiger partial charge in [-0.05, 0) is 37.0 Å². The number of ether oxygens (including phenoxy) is 2. The Morgan fingerprint density at radius 1 is 1.10 bits per heavy atom. The zero-order valence-corrected chi connectivity index (χ0v) is 12.8. The van der Waals surface area contributed by atoms with Gasteiger partial charge in [0.05, 0.1) is 14.2 Å². The standard InChI is InChI=1S/C17H23NO3/c1-20-16-6-3-12(9-17(16)21-2)7-8-18-13-4-5-14(18)11-15(19)10-13/h3,6,9,13-14H,4-5,7-8,10-11H2,1-2H3. The number of hydrogen-bond acceptors (Lipinski definition) is 4. The molecule has 0 aromatic heterocycles. The van der Waals surface area contributed by atoms with Crippen molar-refractivity contribution in [2.24, 2.45) is 0 Å². The number of ketones is 1. The van der Waals surface area contributed by atoms with E-state index in [4.69, 9.17) is 9.47 Å². The van der Waals surface area contributed by atoms with Crippen LogP contribution in [0.15, 0.2) is 18.2 Å². The number of hydrogen-bond donors (Lipinski definition) is 0. The third-order valence-corrected chi connectivity index (χ3v) is 4.80. The Kier molecular flexibility index (Phi) is 4.15. The minimum Gasteiger partial charge on any atom is -0.493 e. The van der Waals surface area contributed by atoms with E-state index in [0.717, 1.165) is 37.3 Å². The lowest BCUT2D eigenvalue weighted by molar-refractivity contribution is -0.123. The highest BCUT2D eigenvalue weighted by atomic mass is 16.5. The second-order valence-corrected chi connectivity index (χ2v) is 6.01. The molecule has 0 radical (unpaired) electrons. The maximum atomic E-state index is 11.6. The first kappa shape index (κ1) is 14.4. The number of carbonyl (C=O) groups is 1. The summed E-state index contributed by atoms with van der Waals surface area (Å²) in [5, 5.41) is 0. The Labute approximate surface area is 126 Å². The average molecular weight is 289 g/mol. The largest absolute Gasteiger partial charge is 0.493 e. The van der Waals surface area contributed by atoms with Gasteiger partial charge in [-0.1, -0.05) is 6.07 Å². The molecule has 2 atom stereocenters. The number of rotatable bonds is 5. The summed E-state index contributed by atoms with van der Waals surface area (Å²) in [5.74, 6) is 2.00. The van der Waals surface area contributed by atoms with E-state index in [9.17, 15) is 4.79 Å². The van der Waals surface area contributed by atoms with Crippen LogP contribution in [0, 0.1) is 0 Å². The van der Waals surface area contributed by atoms with Gasteiger partial charge in [0.15, 0.2) is 11.5 Å². The molecule has 2 aliphatic rings. The molecule has 4 heteroatoms. The Morgan fingerprint density at radius 2 is 1.76 bits per heavy atom. The first-order valence-corrected chi connectivity index (χ1v) is 7.69. The Hall–Kier alpha value is -1.55. The van der Waals surface area contributed by atoms with E-state index in [1.807, 2.05) is 6.07 Å². The average Bonchev–Trinajstić information content (AvgIpc) is 2.74. The molecule has 2 saturated heterocycles. The predicted octanol–water partition coefficient (Wildman–Crippen LogP) is 2.44. The van der Waals surface area contributed by atoms with Crippen molar-refractivity contribution in [2.75, 3.05) is 20.8 Å². The highest BCUT2D eigenvalue weighted by Crippen LogP contribution is 2.34. The van der Waals surface area contributed by atoms with Crippen LogP contribution in [0.25, 0.3) is 0 Å². The number of fused-ring (bicyclic) bond motifs is 2. The molecule has 2 heterocycles. The molecule has 0 saturated carbocycles. The van der Waals surface area contributed by atoms with Gasteiger partial charge in [-0.25, -0.2) is 0 Å². The molecule has 2 bridgehead atoms. The van der Waals surface area contributed by atoms with E-state index in [2.05, 4.69) is 17.0 Å². The fraction of sp³-hybridized carbons (Fsp3) is 0.588. The topological polar surface area (TPSA) is 38.8 Å². The number of Topliss-reactive ketones (excluding diaryl/α,β-unsaturated/α-hetero) is 1. The van der Waals surface area contributed by atoms with Crippen molar-refractivity contribution in [1.82, 2.24) is 4.90 Å². The van der Waals surface area contributed by atoms with Crippen LogP contribution in [0.3, 0.4) is 0 Å². The monoisotopic (exact) mass is 289 g/mol. The van der Waals surface area contributed by atoms with Crippen molar-refractivity contribution in [1.29, 1.82) is 0 Å². The van der Waals surface area contributed by atoms with Crippen LogP contribution in [0.5, 0.6) is 11.5 Å². The van der Waals surface area contributed by atoms with E-state index < -0.39 is 0 Å². The van der Waals surface area contributed by atoms with Crippen LogP contribution < -0.4 is 9.47 Å². The van der Waals surface area contributed by atoms with Crippen molar-refractivity contribution in [2.45, 2.75) is 44.2 Å². The van der Waals surface area contributed by atoms with E-state index in [0.29, 0.717) is 17.9 Å². The second kappa shape index (κ2) is 6.06. The van der Waals surface area contributed by atoms with Crippen molar-refractivity contribution >= 4 is 5.78 Å². The molecule has 2 fully saturated rings. The lowest BCUT2D eigenvalue weighted by Gasteiger charge is -2.33. The maximum Gasteiger partial charge on any atom is 0.160 e. The van der Waals surface area contributed by atoms with E-state index in [1.54, 1.807) is 14.2 Å². The molecular weight excluding hydrogens is 266 g/mol. The van der Waals surface area contributed by atoms with Crippen LogP contribution in [0.1, 0.15) is 31.2 Å². The summed E-state index contributed by atoms with van der Waals surface area (Å²) in [4.78, 5) is 14.2. The number of carbonyl (C=O) groups excluding carboxylic acids is 1. The van der Waals surface area contributed by atoms with E-state index >= 15 is 0 Å². The Balaban J connectivity index is 1.64. The van der Waals surface area contributed by atoms with Crippen LogP contribution >= 0.6 is 0 Å². The first-order chi connectivity index (χ1) is 10.2. The lowest BCUT2D eigenvalue weighted by Crippen LogP contribution is -2.44. The molecule has 1 aromatic rings. The zero-order valence-electron chi connectivity index (χ0n) is 12.8. The minimum atomic E-state index is 0.449. The quantitative estimate of drug-likeness (QED) is 0.834. The molecule has 4 nitrogen and oxygen atoms in total. The van der Waals surface area contributed by atoms with Gasteiger partial charge >= 0.3 is 0 Å². The molecule has 0 N–H and O–H groups in total. The fourth-order valence-electron chi connectivity index (χ4n) is 3.72. The third kappa shape index (κ3) is 2.91. The summed E-state index contributed by atoms with van der Waals surface area (Å²) in [7, 11) is 3.32. The highest BCUT2D eigenvalue weighted by Gasteiger charge is 2.39. The number of nitrogens with zero attached hydrogens (tertiary/aromatic N) is 1. The summed E-state index contributed by atoms with van der Waals surface area (Å²) in [6.45, 7) is 1.03. The highest BCUT2D eigenvalue weighted by molar-refractivity contribution is 5.80. The van der Waals surface area contributed by atoms with Crippen molar-refractivity contribution in [3.8, 4) is 11.5 Å². The lowest BCUT2D eigenvalue weighted by atomic mass is 10.0. The van der Waals surface area contributed by atoms with Gasteiger partial charge in [0, 0.05) is 31.5 Å². The molecule has 0 aliphatic carbocycles. The summed E-state index contributed by atoms with van der Waals surface area (Å²) < 4.78 is 10.6. The third-order valence-electron chi connectivity index (χ3n) is 4.80. The van der Waals surface area contributed by atoms with Crippen molar-refractivity contribution in [3.05, 3.63) is 23.8 Å². The fourth-order valence-corrected chi connectivity index (χ4v) is 3.72. The van der Waals surface area contributed by atoms with Crippen molar-refractivity contribution in [3.63, 3.8) is 0 Å². The SMILES string of the molecule is COc1ccc(CCN2C3CCC2CC(=O)C3)cc1OC. The second-order valence-electron chi connectivity index (χ2n) is 6.01. The molecular formula is C17H23NO3. The molecule has 3 rings (SSSR count). The molecule has 2 unspecified atom stereocenters. The summed E-state index contributed by atoms with van der Waals surface area (Å²) >= 11 is 0. The van der Waals surface area contributed by atoms with Gasteiger partial charge < -0.3 is 9.47 Å². The number of benzene rings is 1. The van der Waals surface area contributed by atoms with Gasteiger partial charge in [-0.2, -0.15) is 0 Å². The number of methoxy groups -OCH3 is 2. The Bertz CT molecular complexity index is 513. The molecule has 0 amide bonds. The molecule has 0 spiro atoms. The summed E-state index contributed by atoms with van der Waals surface area (Å²) in [6, 6.07) is 7.07. The van der Waals surface area contributed by atoms with Crippen LogP contribution in [-0.2, 0) is 11.2 Å². The molecule has 1 aromatic carbocycles. The molecule has 21 heavy (non-hydrogen) atoms. The van der Waals surface area contributed by atoms with Gasteiger partial charge in [-0.15, -0.1) is 0 Å². The van der Waals surface area contributed by atoms with Crippen LogP contribution in [-0.4, -0.2) is 43.5 Å².